The van der Waals surface area contributed by atoms with Gasteiger partial charge in [0.15, 0.2) is 0 Å². The molecule has 0 aromatic heterocycles. The van der Waals surface area contributed by atoms with Crippen LogP contribution in [0, 0.1) is 16.0 Å². The molecule has 1 atom stereocenters. The number of methoxy groups -OCH3 is 1. The Bertz CT molecular complexity index is 425. The summed E-state index contributed by atoms with van der Waals surface area (Å²) in [4.78, 5) is 10.4. The zero-order valence-corrected chi connectivity index (χ0v) is 12.1. The third-order valence-corrected chi connectivity index (χ3v) is 3.11. The number of nitrogens with zero attached hydrogens (tertiary/aromatic N) is 1. The van der Waals surface area contributed by atoms with Gasteiger partial charge >= 0.3 is 5.69 Å². The van der Waals surface area contributed by atoms with Crippen LogP contribution in [-0.2, 0) is 0 Å². The average Bonchev–Trinajstić information content (AvgIpc) is 2.38. The second-order valence-electron chi connectivity index (χ2n) is 4.35. The number of rotatable bonds is 8. The molecular formula is C13H19NO4S. The third-order valence-electron chi connectivity index (χ3n) is 2.85. The number of benzene rings is 1. The van der Waals surface area contributed by atoms with E-state index in [2.05, 4.69) is 19.6 Å². The molecular weight excluding hydrogens is 266 g/mol. The summed E-state index contributed by atoms with van der Waals surface area (Å²) >= 11 is 4.17. The molecule has 106 valence electrons. The van der Waals surface area contributed by atoms with Crippen LogP contribution in [0.5, 0.6) is 11.5 Å². The normalized spacial score (nSPS) is 11.9. The summed E-state index contributed by atoms with van der Waals surface area (Å²) in [5.74, 6) is 2.12. The van der Waals surface area contributed by atoms with Crippen molar-refractivity contribution in [1.82, 2.24) is 0 Å². The molecule has 0 bridgehead atoms. The van der Waals surface area contributed by atoms with Crippen molar-refractivity contribution in [2.24, 2.45) is 5.92 Å². The molecule has 1 aromatic carbocycles. The maximum Gasteiger partial charge on any atom is 0.311 e. The van der Waals surface area contributed by atoms with E-state index in [0.717, 1.165) is 18.6 Å². The van der Waals surface area contributed by atoms with E-state index >= 15 is 0 Å². The van der Waals surface area contributed by atoms with Crippen LogP contribution in [0.4, 0.5) is 5.69 Å². The standard InChI is InChI=1S/C13H19NO4S/c1-10(6-8-19)5-7-18-13-9-11(17-2)3-4-12(13)14(15)16/h3-4,9-10,19H,5-8H2,1-2H3. The lowest BCUT2D eigenvalue weighted by atomic mass is 10.1. The van der Waals surface area contributed by atoms with Gasteiger partial charge in [0.2, 0.25) is 5.75 Å². The van der Waals surface area contributed by atoms with Gasteiger partial charge in [0, 0.05) is 12.1 Å². The molecule has 0 saturated heterocycles. The fourth-order valence-corrected chi connectivity index (χ4v) is 2.06. The SMILES string of the molecule is COc1ccc([N+](=O)[O-])c(OCCC(C)CCS)c1. The molecule has 0 saturated carbocycles. The Morgan fingerprint density at radius 2 is 2.16 bits per heavy atom. The topological polar surface area (TPSA) is 61.6 Å². The Balaban J connectivity index is 2.67. The second kappa shape index (κ2) is 7.89. The van der Waals surface area contributed by atoms with E-state index in [9.17, 15) is 10.1 Å². The van der Waals surface area contributed by atoms with Crippen LogP contribution in [-0.4, -0.2) is 24.4 Å². The molecule has 0 amide bonds. The van der Waals surface area contributed by atoms with E-state index in [1.165, 1.54) is 13.2 Å². The van der Waals surface area contributed by atoms with Crippen molar-refractivity contribution in [1.29, 1.82) is 0 Å². The van der Waals surface area contributed by atoms with Gasteiger partial charge in [0.25, 0.3) is 0 Å². The van der Waals surface area contributed by atoms with Crippen LogP contribution in [0.2, 0.25) is 0 Å². The molecule has 0 fully saturated rings. The van der Waals surface area contributed by atoms with Crippen LogP contribution in [0.25, 0.3) is 0 Å². The van der Waals surface area contributed by atoms with Gasteiger partial charge in [-0.15, -0.1) is 0 Å². The van der Waals surface area contributed by atoms with Gasteiger partial charge in [0.05, 0.1) is 18.6 Å². The van der Waals surface area contributed by atoms with Gasteiger partial charge in [-0.2, -0.15) is 12.6 Å². The van der Waals surface area contributed by atoms with Gasteiger partial charge in [0.1, 0.15) is 5.75 Å². The Morgan fingerprint density at radius 3 is 2.74 bits per heavy atom. The smallest absolute Gasteiger partial charge is 0.311 e. The summed E-state index contributed by atoms with van der Waals surface area (Å²) in [5, 5.41) is 10.9. The van der Waals surface area contributed by atoms with Gasteiger partial charge in [-0.1, -0.05) is 6.92 Å². The van der Waals surface area contributed by atoms with Crippen molar-refractivity contribution in [3.63, 3.8) is 0 Å². The van der Waals surface area contributed by atoms with E-state index in [4.69, 9.17) is 9.47 Å². The lowest BCUT2D eigenvalue weighted by molar-refractivity contribution is -0.385. The highest BCUT2D eigenvalue weighted by molar-refractivity contribution is 7.80. The maximum absolute atomic E-state index is 10.9. The largest absolute Gasteiger partial charge is 0.497 e. The predicted molar refractivity (Wildman–Crippen MR) is 77.4 cm³/mol. The van der Waals surface area contributed by atoms with Gasteiger partial charge in [-0.05, 0) is 30.6 Å². The number of ether oxygens (including phenoxy) is 2. The van der Waals surface area contributed by atoms with E-state index in [1.54, 1.807) is 12.1 Å². The zero-order valence-electron chi connectivity index (χ0n) is 11.2. The molecule has 0 aliphatic rings. The lowest BCUT2D eigenvalue weighted by Gasteiger charge is -2.11. The molecule has 0 spiro atoms. The Kier molecular flexibility index (Phi) is 6.49. The number of hydrogen-bond acceptors (Lipinski definition) is 5. The molecule has 5 nitrogen and oxygen atoms in total. The molecule has 1 rings (SSSR count). The van der Waals surface area contributed by atoms with Crippen molar-refractivity contribution in [3.05, 3.63) is 28.3 Å². The maximum atomic E-state index is 10.9. The Labute approximate surface area is 118 Å². The summed E-state index contributed by atoms with van der Waals surface area (Å²) in [6, 6.07) is 4.49. The fourth-order valence-electron chi connectivity index (χ4n) is 1.62. The van der Waals surface area contributed by atoms with E-state index in [-0.39, 0.29) is 11.4 Å². The van der Waals surface area contributed by atoms with Gasteiger partial charge < -0.3 is 9.47 Å². The summed E-state index contributed by atoms with van der Waals surface area (Å²) in [7, 11) is 1.51. The van der Waals surface area contributed by atoms with Crippen molar-refractivity contribution in [2.75, 3.05) is 19.5 Å². The minimum atomic E-state index is -0.452. The molecule has 6 heteroatoms. The van der Waals surface area contributed by atoms with E-state index < -0.39 is 4.92 Å². The first-order valence-corrected chi connectivity index (χ1v) is 6.77. The second-order valence-corrected chi connectivity index (χ2v) is 4.79. The predicted octanol–water partition coefficient (Wildman–Crippen LogP) is 3.33. The van der Waals surface area contributed by atoms with E-state index in [0.29, 0.717) is 18.3 Å². The lowest BCUT2D eigenvalue weighted by Crippen LogP contribution is -2.06. The highest BCUT2D eigenvalue weighted by atomic mass is 32.1. The first kappa shape index (κ1) is 15.6. The highest BCUT2D eigenvalue weighted by Gasteiger charge is 2.16. The van der Waals surface area contributed by atoms with Crippen molar-refractivity contribution >= 4 is 18.3 Å². The average molecular weight is 285 g/mol. The molecule has 1 unspecified atom stereocenters. The molecule has 19 heavy (non-hydrogen) atoms. The summed E-state index contributed by atoms with van der Waals surface area (Å²) in [6.07, 6.45) is 1.85. The van der Waals surface area contributed by atoms with Crippen molar-refractivity contribution in [3.8, 4) is 11.5 Å². The number of nitro benzene ring substituents is 1. The molecule has 0 N–H and O–H groups in total. The number of hydrogen-bond donors (Lipinski definition) is 1. The third kappa shape index (κ3) is 4.98. The molecule has 0 radical (unpaired) electrons. The van der Waals surface area contributed by atoms with Crippen LogP contribution in [0.1, 0.15) is 19.8 Å². The highest BCUT2D eigenvalue weighted by Crippen LogP contribution is 2.31. The minimum absolute atomic E-state index is 0.0392. The number of nitro groups is 1. The summed E-state index contributed by atoms with van der Waals surface area (Å²) < 4.78 is 10.6. The Morgan fingerprint density at radius 1 is 1.42 bits per heavy atom. The van der Waals surface area contributed by atoms with Crippen LogP contribution >= 0.6 is 12.6 Å². The summed E-state index contributed by atoms with van der Waals surface area (Å²) in [5.41, 5.74) is -0.0392. The van der Waals surface area contributed by atoms with E-state index in [1.807, 2.05) is 0 Å². The van der Waals surface area contributed by atoms with Crippen molar-refractivity contribution < 1.29 is 14.4 Å². The van der Waals surface area contributed by atoms with Crippen LogP contribution in [0.15, 0.2) is 18.2 Å². The monoisotopic (exact) mass is 285 g/mol. The number of thiol groups is 1. The first-order valence-electron chi connectivity index (χ1n) is 6.14. The van der Waals surface area contributed by atoms with Crippen LogP contribution < -0.4 is 9.47 Å². The molecule has 1 aromatic rings. The quantitative estimate of drug-likeness (QED) is 0.452. The molecule has 0 heterocycles. The van der Waals surface area contributed by atoms with Gasteiger partial charge in [-0.25, -0.2) is 0 Å². The zero-order chi connectivity index (χ0) is 14.3. The first-order chi connectivity index (χ1) is 9.08. The Hall–Kier alpha value is -1.43. The fraction of sp³-hybridized carbons (Fsp3) is 0.538. The molecule has 0 aliphatic carbocycles. The van der Waals surface area contributed by atoms with Gasteiger partial charge in [-0.3, -0.25) is 10.1 Å². The molecule has 0 aliphatic heterocycles. The van der Waals surface area contributed by atoms with Crippen LogP contribution in [0.3, 0.4) is 0 Å². The summed E-state index contributed by atoms with van der Waals surface area (Å²) in [6.45, 7) is 2.56. The van der Waals surface area contributed by atoms with Crippen molar-refractivity contribution in [2.45, 2.75) is 19.8 Å². The minimum Gasteiger partial charge on any atom is -0.497 e.